The minimum atomic E-state index is -0.609. The zero-order valence-corrected chi connectivity index (χ0v) is 7.42. The number of hydrogen-bond donors (Lipinski definition) is 1. The maximum atomic E-state index is 11.1. The van der Waals surface area contributed by atoms with Crippen LogP contribution in [0.25, 0.3) is 0 Å². The number of hydrogen-bond acceptors (Lipinski definition) is 3. The highest BCUT2D eigenvalue weighted by Gasteiger charge is 2.09. The van der Waals surface area contributed by atoms with Gasteiger partial charge in [0.15, 0.2) is 0 Å². The summed E-state index contributed by atoms with van der Waals surface area (Å²) in [4.78, 5) is 24.3. The van der Waals surface area contributed by atoms with Crippen LogP contribution in [0.15, 0.2) is 9.59 Å². The number of H-pyrrole nitrogens is 1. The van der Waals surface area contributed by atoms with Crippen molar-refractivity contribution in [3.63, 3.8) is 0 Å². The van der Waals surface area contributed by atoms with Crippen LogP contribution in [-0.2, 0) is 13.5 Å². The van der Waals surface area contributed by atoms with Crippen molar-refractivity contribution >= 4 is 0 Å². The van der Waals surface area contributed by atoms with Crippen molar-refractivity contribution in [3.8, 4) is 6.07 Å². The number of aromatic nitrogens is 2. The van der Waals surface area contributed by atoms with Gasteiger partial charge in [0.1, 0.15) is 11.6 Å². The lowest BCUT2D eigenvalue weighted by Gasteiger charge is -2.05. The Morgan fingerprint density at radius 2 is 2.15 bits per heavy atom. The average Bonchev–Trinajstić information content (AvgIpc) is 2.10. The predicted octanol–water partition coefficient (Wildman–Crippen LogP) is -0.492. The van der Waals surface area contributed by atoms with Gasteiger partial charge in [0, 0.05) is 12.7 Å². The van der Waals surface area contributed by atoms with Crippen molar-refractivity contribution in [2.45, 2.75) is 13.3 Å². The first-order valence-electron chi connectivity index (χ1n) is 3.84. The van der Waals surface area contributed by atoms with E-state index in [-0.39, 0.29) is 5.56 Å². The molecule has 0 aliphatic rings. The van der Waals surface area contributed by atoms with E-state index in [2.05, 4.69) is 4.98 Å². The molecule has 68 valence electrons. The quantitative estimate of drug-likeness (QED) is 0.631. The van der Waals surface area contributed by atoms with Gasteiger partial charge in [-0.2, -0.15) is 5.26 Å². The molecule has 0 saturated heterocycles. The van der Waals surface area contributed by atoms with Crippen LogP contribution in [-0.4, -0.2) is 9.55 Å². The first kappa shape index (κ1) is 9.26. The Kier molecular flexibility index (Phi) is 2.33. The molecule has 13 heavy (non-hydrogen) atoms. The average molecular weight is 179 g/mol. The Labute approximate surface area is 74.3 Å². The summed E-state index contributed by atoms with van der Waals surface area (Å²) in [6.45, 7) is 1.79. The van der Waals surface area contributed by atoms with Crippen LogP contribution in [0.5, 0.6) is 0 Å². The molecule has 5 heteroatoms. The molecule has 0 saturated carbocycles. The summed E-state index contributed by atoms with van der Waals surface area (Å²) in [5, 5.41) is 8.66. The van der Waals surface area contributed by atoms with Crippen molar-refractivity contribution in [1.82, 2.24) is 9.55 Å². The van der Waals surface area contributed by atoms with E-state index in [1.54, 1.807) is 13.0 Å². The second-order valence-electron chi connectivity index (χ2n) is 2.61. The molecule has 0 aromatic carbocycles. The van der Waals surface area contributed by atoms with Crippen molar-refractivity contribution in [2.24, 2.45) is 7.05 Å². The van der Waals surface area contributed by atoms with Crippen molar-refractivity contribution in [3.05, 3.63) is 32.1 Å². The third-order valence-corrected chi connectivity index (χ3v) is 1.89. The van der Waals surface area contributed by atoms with Crippen LogP contribution in [0.4, 0.5) is 0 Å². The lowest BCUT2D eigenvalue weighted by atomic mass is 10.2. The highest BCUT2D eigenvalue weighted by atomic mass is 16.2. The van der Waals surface area contributed by atoms with E-state index in [4.69, 9.17) is 5.26 Å². The molecule has 0 fully saturated rings. The highest BCUT2D eigenvalue weighted by Crippen LogP contribution is 1.98. The topological polar surface area (TPSA) is 78.7 Å². The summed E-state index contributed by atoms with van der Waals surface area (Å²) in [7, 11) is 1.53. The Balaban J connectivity index is 3.74. The van der Waals surface area contributed by atoms with Gasteiger partial charge in [-0.3, -0.25) is 14.3 Å². The van der Waals surface area contributed by atoms with Crippen molar-refractivity contribution < 1.29 is 0 Å². The molecule has 1 aromatic heterocycles. The molecule has 5 nitrogen and oxygen atoms in total. The Morgan fingerprint density at radius 3 is 2.62 bits per heavy atom. The second kappa shape index (κ2) is 3.27. The summed E-state index contributed by atoms with van der Waals surface area (Å²) in [6.07, 6.45) is 0.485. The van der Waals surface area contributed by atoms with Crippen LogP contribution >= 0.6 is 0 Å². The largest absolute Gasteiger partial charge is 0.328 e. The predicted molar refractivity (Wildman–Crippen MR) is 46.4 cm³/mol. The molecule has 0 amide bonds. The molecule has 0 atom stereocenters. The zero-order valence-electron chi connectivity index (χ0n) is 7.42. The molecular formula is C8H9N3O2. The first-order valence-corrected chi connectivity index (χ1v) is 3.84. The maximum absolute atomic E-state index is 11.1. The summed E-state index contributed by atoms with van der Waals surface area (Å²) in [5.41, 5.74) is -0.607. The SMILES string of the molecule is CCc1c(C#N)c(=O)[nH]c(=O)n1C. The molecule has 1 N–H and O–H groups in total. The molecule has 0 aliphatic heterocycles. The third kappa shape index (κ3) is 1.38. The van der Waals surface area contributed by atoms with E-state index < -0.39 is 11.2 Å². The number of rotatable bonds is 1. The molecule has 0 spiro atoms. The summed E-state index contributed by atoms with van der Waals surface area (Å²) >= 11 is 0. The van der Waals surface area contributed by atoms with Crippen LogP contribution in [0.3, 0.4) is 0 Å². The molecule has 0 bridgehead atoms. The van der Waals surface area contributed by atoms with Crippen LogP contribution < -0.4 is 11.2 Å². The van der Waals surface area contributed by atoms with Gasteiger partial charge < -0.3 is 0 Å². The van der Waals surface area contributed by atoms with Crippen molar-refractivity contribution in [2.75, 3.05) is 0 Å². The number of nitriles is 1. The third-order valence-electron chi connectivity index (χ3n) is 1.89. The number of nitrogens with zero attached hydrogens (tertiary/aromatic N) is 2. The second-order valence-corrected chi connectivity index (χ2v) is 2.61. The Hall–Kier alpha value is -1.83. The van der Waals surface area contributed by atoms with E-state index in [1.807, 2.05) is 0 Å². The van der Waals surface area contributed by atoms with E-state index in [9.17, 15) is 9.59 Å². The molecule has 0 aliphatic carbocycles. The van der Waals surface area contributed by atoms with Gasteiger partial charge in [-0.25, -0.2) is 4.79 Å². The van der Waals surface area contributed by atoms with Gasteiger partial charge in [-0.15, -0.1) is 0 Å². The number of nitrogens with one attached hydrogen (secondary N) is 1. The van der Waals surface area contributed by atoms with Crippen LogP contribution in [0.1, 0.15) is 18.2 Å². The van der Waals surface area contributed by atoms with E-state index >= 15 is 0 Å². The molecule has 0 unspecified atom stereocenters. The minimum absolute atomic E-state index is 0.0181. The zero-order chi connectivity index (χ0) is 10.0. The minimum Gasteiger partial charge on any atom is -0.299 e. The molecule has 1 rings (SSSR count). The summed E-state index contributed by atoms with van der Waals surface area (Å²) < 4.78 is 1.28. The van der Waals surface area contributed by atoms with Crippen LogP contribution in [0.2, 0.25) is 0 Å². The fourth-order valence-electron chi connectivity index (χ4n) is 1.19. The van der Waals surface area contributed by atoms with E-state index in [1.165, 1.54) is 11.6 Å². The van der Waals surface area contributed by atoms with Crippen LogP contribution in [0, 0.1) is 11.3 Å². The van der Waals surface area contributed by atoms with Gasteiger partial charge in [0.2, 0.25) is 0 Å². The van der Waals surface area contributed by atoms with Gasteiger partial charge in [0.25, 0.3) is 5.56 Å². The van der Waals surface area contributed by atoms with Gasteiger partial charge >= 0.3 is 5.69 Å². The van der Waals surface area contributed by atoms with Crippen molar-refractivity contribution in [1.29, 1.82) is 5.26 Å². The summed E-state index contributed by atoms with van der Waals surface area (Å²) in [6, 6.07) is 1.78. The fourth-order valence-corrected chi connectivity index (χ4v) is 1.19. The standard InChI is InChI=1S/C8H9N3O2/c1-3-6-5(4-9)7(12)10-8(13)11(6)2/h3H2,1-2H3,(H,10,12,13). The highest BCUT2D eigenvalue weighted by molar-refractivity contribution is 5.30. The van der Waals surface area contributed by atoms with Gasteiger partial charge in [-0.1, -0.05) is 6.92 Å². The smallest absolute Gasteiger partial charge is 0.299 e. The Morgan fingerprint density at radius 1 is 1.54 bits per heavy atom. The molecule has 1 aromatic rings. The van der Waals surface area contributed by atoms with E-state index in [0.29, 0.717) is 12.1 Å². The Bertz CT molecular complexity index is 476. The van der Waals surface area contributed by atoms with Gasteiger partial charge in [-0.05, 0) is 6.42 Å². The molecule has 1 heterocycles. The van der Waals surface area contributed by atoms with E-state index in [0.717, 1.165) is 0 Å². The lowest BCUT2D eigenvalue weighted by Crippen LogP contribution is -2.32. The van der Waals surface area contributed by atoms with Gasteiger partial charge in [0.05, 0.1) is 0 Å². The monoisotopic (exact) mass is 179 g/mol. The molecule has 0 radical (unpaired) electrons. The maximum Gasteiger partial charge on any atom is 0.328 e. The molecular weight excluding hydrogens is 170 g/mol. The number of aromatic amines is 1. The normalized spacial score (nSPS) is 9.62. The lowest BCUT2D eigenvalue weighted by molar-refractivity contribution is 0.732. The first-order chi connectivity index (χ1) is 6.11. The fraction of sp³-hybridized carbons (Fsp3) is 0.375. The summed E-state index contributed by atoms with van der Waals surface area (Å²) in [5.74, 6) is 0.